The summed E-state index contributed by atoms with van der Waals surface area (Å²) >= 11 is 6.26. The smallest absolute Gasteiger partial charge is 0.270 e. The molecule has 1 N–H and O–H groups in total. The first-order chi connectivity index (χ1) is 12.9. The Morgan fingerprint density at radius 1 is 1.22 bits per heavy atom. The number of hydrogen-bond donors (Lipinski definition) is 1. The normalized spacial score (nSPS) is 15.3. The number of hydrogen-bond acceptors (Lipinski definition) is 6. The molecule has 0 spiro atoms. The molecule has 136 valence electrons. The van der Waals surface area contributed by atoms with Crippen molar-refractivity contribution < 1.29 is 14.5 Å². The third-order valence-corrected chi connectivity index (χ3v) is 4.99. The second kappa shape index (κ2) is 8.11. The Morgan fingerprint density at radius 3 is 2.67 bits per heavy atom. The number of nitrogens with zero attached hydrogens (tertiary/aromatic N) is 2. The molecule has 1 fully saturated rings. The zero-order chi connectivity index (χ0) is 19.4. The topological polar surface area (TPSA) is 92.5 Å². The summed E-state index contributed by atoms with van der Waals surface area (Å²) in [6, 6.07) is 14.8. The number of non-ortho nitro benzene ring substituents is 1. The fourth-order valence-electron chi connectivity index (χ4n) is 2.38. The van der Waals surface area contributed by atoms with E-state index in [2.05, 4.69) is 5.32 Å². The van der Waals surface area contributed by atoms with E-state index in [-0.39, 0.29) is 22.5 Å². The van der Waals surface area contributed by atoms with Crippen molar-refractivity contribution in [1.29, 1.82) is 0 Å². The number of benzene rings is 2. The number of anilines is 1. The summed E-state index contributed by atoms with van der Waals surface area (Å²) in [6.45, 7) is -0.203. The summed E-state index contributed by atoms with van der Waals surface area (Å²) in [7, 11) is 0. The lowest BCUT2D eigenvalue weighted by atomic mass is 10.2. The Morgan fingerprint density at radius 2 is 1.96 bits per heavy atom. The van der Waals surface area contributed by atoms with Gasteiger partial charge in [0.2, 0.25) is 5.91 Å². The van der Waals surface area contributed by atoms with E-state index in [9.17, 15) is 19.7 Å². The third kappa shape index (κ3) is 4.57. The van der Waals surface area contributed by atoms with Crippen molar-refractivity contribution in [2.24, 2.45) is 0 Å². The molecule has 0 radical (unpaired) electrons. The second-order valence-electron chi connectivity index (χ2n) is 5.53. The number of para-hydroxylation sites is 1. The minimum absolute atomic E-state index is 0.0681. The zero-order valence-electron chi connectivity index (χ0n) is 13.8. The molecule has 1 aliphatic heterocycles. The molecule has 0 unspecified atom stereocenters. The predicted octanol–water partition coefficient (Wildman–Crippen LogP) is 3.43. The van der Waals surface area contributed by atoms with Crippen LogP contribution >= 0.6 is 24.0 Å². The maximum Gasteiger partial charge on any atom is 0.270 e. The van der Waals surface area contributed by atoms with Crippen LogP contribution in [0.1, 0.15) is 5.56 Å². The van der Waals surface area contributed by atoms with Crippen LogP contribution in [0.3, 0.4) is 0 Å². The minimum Gasteiger partial charge on any atom is -0.325 e. The van der Waals surface area contributed by atoms with Crippen molar-refractivity contribution in [3.8, 4) is 0 Å². The van der Waals surface area contributed by atoms with Crippen LogP contribution in [0.4, 0.5) is 11.4 Å². The lowest BCUT2D eigenvalue weighted by Gasteiger charge is -2.14. The van der Waals surface area contributed by atoms with Crippen LogP contribution in [-0.2, 0) is 9.59 Å². The molecule has 2 aromatic rings. The highest BCUT2D eigenvalue weighted by Crippen LogP contribution is 2.32. The third-order valence-electron chi connectivity index (χ3n) is 3.61. The Hall–Kier alpha value is -3.04. The number of thioether (sulfide) groups is 1. The number of rotatable bonds is 5. The molecule has 1 aliphatic rings. The van der Waals surface area contributed by atoms with Crippen LogP contribution in [0.15, 0.2) is 59.5 Å². The van der Waals surface area contributed by atoms with E-state index >= 15 is 0 Å². The van der Waals surface area contributed by atoms with Gasteiger partial charge in [-0.2, -0.15) is 0 Å². The Labute approximate surface area is 164 Å². The van der Waals surface area contributed by atoms with Gasteiger partial charge in [-0.15, -0.1) is 0 Å². The average molecular weight is 399 g/mol. The van der Waals surface area contributed by atoms with Gasteiger partial charge < -0.3 is 5.32 Å². The molecular weight excluding hydrogens is 386 g/mol. The summed E-state index contributed by atoms with van der Waals surface area (Å²) in [5.41, 5.74) is 1.07. The predicted molar refractivity (Wildman–Crippen MR) is 108 cm³/mol. The van der Waals surface area contributed by atoms with E-state index in [4.69, 9.17) is 12.2 Å². The highest BCUT2D eigenvalue weighted by molar-refractivity contribution is 8.26. The van der Waals surface area contributed by atoms with Gasteiger partial charge in [0, 0.05) is 17.8 Å². The molecule has 0 atom stereocenters. The lowest BCUT2D eigenvalue weighted by Crippen LogP contribution is -2.36. The maximum absolute atomic E-state index is 12.6. The summed E-state index contributed by atoms with van der Waals surface area (Å²) in [5.74, 6) is -0.770. The first kappa shape index (κ1) is 18.7. The van der Waals surface area contributed by atoms with E-state index in [1.165, 1.54) is 29.2 Å². The largest absolute Gasteiger partial charge is 0.325 e. The molecule has 1 saturated heterocycles. The van der Waals surface area contributed by atoms with Crippen molar-refractivity contribution in [3.63, 3.8) is 0 Å². The molecular formula is C18H13N3O4S2. The van der Waals surface area contributed by atoms with Crippen molar-refractivity contribution in [1.82, 2.24) is 4.90 Å². The van der Waals surface area contributed by atoms with Gasteiger partial charge in [0.05, 0.1) is 9.83 Å². The highest BCUT2D eigenvalue weighted by Gasteiger charge is 2.33. The second-order valence-corrected chi connectivity index (χ2v) is 7.21. The SMILES string of the molecule is O=C(CN1C(=O)/C(=C/c2cccc([N+](=O)[O-])c2)SC1=S)Nc1ccccc1. The summed E-state index contributed by atoms with van der Waals surface area (Å²) < 4.78 is 0.264. The van der Waals surface area contributed by atoms with Crippen LogP contribution < -0.4 is 5.32 Å². The average Bonchev–Trinajstić information content (AvgIpc) is 2.90. The van der Waals surface area contributed by atoms with Gasteiger partial charge in [-0.1, -0.05) is 54.3 Å². The quantitative estimate of drug-likeness (QED) is 0.358. The molecule has 2 aromatic carbocycles. The number of thiocarbonyl (C=S) groups is 1. The van der Waals surface area contributed by atoms with Crippen LogP contribution in [0, 0.1) is 10.1 Å². The number of carbonyl (C=O) groups is 2. The van der Waals surface area contributed by atoms with Crippen LogP contribution in [0.5, 0.6) is 0 Å². The molecule has 0 bridgehead atoms. The lowest BCUT2D eigenvalue weighted by molar-refractivity contribution is -0.384. The van der Waals surface area contributed by atoms with Gasteiger partial charge in [-0.3, -0.25) is 24.6 Å². The van der Waals surface area contributed by atoms with E-state index in [0.717, 1.165) is 11.8 Å². The molecule has 7 nitrogen and oxygen atoms in total. The molecule has 9 heteroatoms. The van der Waals surface area contributed by atoms with E-state index in [1.54, 1.807) is 30.3 Å². The Kier molecular flexibility index (Phi) is 5.63. The molecule has 0 saturated carbocycles. The van der Waals surface area contributed by atoms with Gasteiger partial charge in [0.15, 0.2) is 0 Å². The first-order valence-electron chi connectivity index (χ1n) is 7.79. The van der Waals surface area contributed by atoms with Gasteiger partial charge in [-0.25, -0.2) is 0 Å². The van der Waals surface area contributed by atoms with Gasteiger partial charge in [0.25, 0.3) is 11.6 Å². The Balaban J connectivity index is 1.72. The fourth-order valence-corrected chi connectivity index (χ4v) is 3.64. The van der Waals surface area contributed by atoms with Crippen molar-refractivity contribution in [2.75, 3.05) is 11.9 Å². The van der Waals surface area contributed by atoms with Crippen LogP contribution in [0.2, 0.25) is 0 Å². The summed E-state index contributed by atoms with van der Waals surface area (Å²) in [4.78, 5) is 36.6. The van der Waals surface area contributed by atoms with Crippen LogP contribution in [0.25, 0.3) is 6.08 Å². The number of carbonyl (C=O) groups excluding carboxylic acids is 2. The molecule has 2 amide bonds. The molecule has 0 aliphatic carbocycles. The highest BCUT2D eigenvalue weighted by atomic mass is 32.2. The summed E-state index contributed by atoms with van der Waals surface area (Å²) in [5, 5.41) is 13.6. The van der Waals surface area contributed by atoms with Gasteiger partial charge in [-0.05, 0) is 23.8 Å². The fraction of sp³-hybridized carbons (Fsp3) is 0.0556. The standard InChI is InChI=1S/C18H13N3O4S2/c22-16(19-13-6-2-1-3-7-13)11-20-17(23)15(27-18(20)26)10-12-5-4-8-14(9-12)21(24)25/h1-10H,11H2,(H,19,22)/b15-10-. The maximum atomic E-state index is 12.6. The monoisotopic (exact) mass is 399 g/mol. The van der Waals surface area contributed by atoms with E-state index < -0.39 is 10.8 Å². The molecule has 1 heterocycles. The Bertz CT molecular complexity index is 960. The summed E-state index contributed by atoms with van der Waals surface area (Å²) in [6.07, 6.45) is 1.53. The zero-order valence-corrected chi connectivity index (χ0v) is 15.5. The number of nitrogens with one attached hydrogen (secondary N) is 1. The number of amides is 2. The van der Waals surface area contributed by atoms with Gasteiger partial charge >= 0.3 is 0 Å². The van der Waals surface area contributed by atoms with Crippen LogP contribution in [-0.4, -0.2) is 32.5 Å². The number of nitro groups is 1. The molecule has 27 heavy (non-hydrogen) atoms. The molecule has 0 aromatic heterocycles. The van der Waals surface area contributed by atoms with Crippen molar-refractivity contribution >= 4 is 57.6 Å². The van der Waals surface area contributed by atoms with Crippen molar-refractivity contribution in [3.05, 3.63) is 75.2 Å². The number of nitro benzene ring substituents is 1. The van der Waals surface area contributed by atoms with Gasteiger partial charge in [0.1, 0.15) is 10.9 Å². The van der Waals surface area contributed by atoms with E-state index in [0.29, 0.717) is 16.2 Å². The first-order valence-corrected chi connectivity index (χ1v) is 9.01. The van der Waals surface area contributed by atoms with Crippen molar-refractivity contribution in [2.45, 2.75) is 0 Å². The van der Waals surface area contributed by atoms with E-state index in [1.807, 2.05) is 6.07 Å². The molecule has 3 rings (SSSR count). The minimum atomic E-state index is -0.503.